The number of nitrogens with one attached hydrogen (secondary N) is 2. The number of rotatable bonds is 6. The smallest absolute Gasteiger partial charge is 0.315 e. The number of hydrogen-bond donors (Lipinski definition) is 2. The average Bonchev–Trinajstić information content (AvgIpc) is 3.07. The van der Waals surface area contributed by atoms with Gasteiger partial charge in [0.15, 0.2) is 0 Å². The molecule has 0 saturated carbocycles. The minimum Gasteiger partial charge on any atom is -0.472 e. The van der Waals surface area contributed by atoms with Crippen molar-refractivity contribution in [3.63, 3.8) is 0 Å². The van der Waals surface area contributed by atoms with Gasteiger partial charge in [-0.1, -0.05) is 0 Å². The minimum absolute atomic E-state index is 0.185. The van der Waals surface area contributed by atoms with Gasteiger partial charge in [0.1, 0.15) is 0 Å². The van der Waals surface area contributed by atoms with Crippen molar-refractivity contribution in [3.05, 3.63) is 34.9 Å². The molecule has 102 valence electrons. The predicted octanol–water partition coefficient (Wildman–Crippen LogP) is 2.45. The van der Waals surface area contributed by atoms with Gasteiger partial charge in [-0.15, -0.1) is 11.3 Å². The van der Waals surface area contributed by atoms with Crippen molar-refractivity contribution >= 4 is 17.4 Å². The van der Waals surface area contributed by atoms with Gasteiger partial charge in [0, 0.05) is 24.1 Å². The number of furan rings is 1. The highest BCUT2D eigenvalue weighted by Crippen LogP contribution is 2.25. The summed E-state index contributed by atoms with van der Waals surface area (Å²) in [6, 6.07) is 3.78. The third-order valence-corrected chi connectivity index (χ3v) is 3.46. The van der Waals surface area contributed by atoms with Crippen molar-refractivity contribution in [2.45, 2.75) is 6.54 Å². The molecular formula is C13H16N2O3S. The standard InChI is InChI=1S/C13H16N2O3S/c1-17-5-3-14-13(16)15-7-12-6-11(9-19-12)10-2-4-18-8-10/h2,4,6,8-9H,3,5,7H2,1H3,(H2,14,15,16). The van der Waals surface area contributed by atoms with E-state index in [1.807, 2.05) is 17.5 Å². The van der Waals surface area contributed by atoms with E-state index in [2.05, 4.69) is 10.6 Å². The topological polar surface area (TPSA) is 63.5 Å². The van der Waals surface area contributed by atoms with Crippen molar-refractivity contribution in [2.75, 3.05) is 20.3 Å². The molecule has 2 amide bonds. The molecule has 0 aliphatic rings. The summed E-state index contributed by atoms with van der Waals surface area (Å²) >= 11 is 1.61. The molecule has 0 spiro atoms. The summed E-state index contributed by atoms with van der Waals surface area (Å²) in [5, 5.41) is 7.55. The van der Waals surface area contributed by atoms with Gasteiger partial charge in [-0.05, 0) is 23.1 Å². The monoisotopic (exact) mass is 280 g/mol. The zero-order chi connectivity index (χ0) is 13.5. The second-order valence-electron chi connectivity index (χ2n) is 3.92. The number of thiophene rings is 1. The zero-order valence-electron chi connectivity index (χ0n) is 10.6. The summed E-state index contributed by atoms with van der Waals surface area (Å²) in [5.74, 6) is 0. The Morgan fingerprint density at radius 2 is 2.32 bits per heavy atom. The second-order valence-corrected chi connectivity index (χ2v) is 4.91. The maximum atomic E-state index is 11.4. The Bertz CT molecular complexity index is 508. The van der Waals surface area contributed by atoms with Crippen LogP contribution < -0.4 is 10.6 Å². The van der Waals surface area contributed by atoms with Gasteiger partial charge >= 0.3 is 6.03 Å². The molecule has 0 unspecified atom stereocenters. The third kappa shape index (κ3) is 4.11. The zero-order valence-corrected chi connectivity index (χ0v) is 11.5. The molecule has 0 aliphatic heterocycles. The van der Waals surface area contributed by atoms with Gasteiger partial charge in [-0.2, -0.15) is 0 Å². The summed E-state index contributed by atoms with van der Waals surface area (Å²) < 4.78 is 9.89. The molecule has 19 heavy (non-hydrogen) atoms. The number of urea groups is 1. The lowest BCUT2D eigenvalue weighted by atomic mass is 10.2. The summed E-state index contributed by atoms with van der Waals surface area (Å²) in [4.78, 5) is 12.5. The van der Waals surface area contributed by atoms with Gasteiger partial charge in [-0.25, -0.2) is 4.79 Å². The molecule has 0 aromatic carbocycles. The first-order valence-corrected chi connectivity index (χ1v) is 6.78. The lowest BCUT2D eigenvalue weighted by Gasteiger charge is -2.05. The third-order valence-electron chi connectivity index (χ3n) is 2.52. The molecule has 0 bridgehead atoms. The van der Waals surface area contributed by atoms with Gasteiger partial charge < -0.3 is 19.8 Å². The molecule has 0 saturated heterocycles. The first-order chi connectivity index (χ1) is 9.29. The number of carbonyl (C=O) groups excluding carboxylic acids is 1. The van der Waals surface area contributed by atoms with E-state index in [0.29, 0.717) is 19.7 Å². The highest BCUT2D eigenvalue weighted by molar-refractivity contribution is 7.10. The van der Waals surface area contributed by atoms with Gasteiger partial charge in [0.05, 0.1) is 25.7 Å². The summed E-state index contributed by atoms with van der Waals surface area (Å²) in [6.45, 7) is 1.53. The average molecular weight is 280 g/mol. The fraction of sp³-hybridized carbons (Fsp3) is 0.308. The Morgan fingerprint density at radius 3 is 3.05 bits per heavy atom. The van der Waals surface area contributed by atoms with Gasteiger partial charge in [0.2, 0.25) is 0 Å². The first-order valence-electron chi connectivity index (χ1n) is 5.90. The molecule has 0 radical (unpaired) electrons. The van der Waals surface area contributed by atoms with Crippen molar-refractivity contribution in [1.29, 1.82) is 0 Å². The van der Waals surface area contributed by atoms with Crippen LogP contribution in [0.5, 0.6) is 0 Å². The van der Waals surface area contributed by atoms with Crippen LogP contribution in [0.25, 0.3) is 11.1 Å². The van der Waals surface area contributed by atoms with Crippen LogP contribution in [-0.4, -0.2) is 26.3 Å². The Balaban J connectivity index is 1.79. The quantitative estimate of drug-likeness (QED) is 0.799. The maximum Gasteiger partial charge on any atom is 0.315 e. The molecule has 2 heterocycles. The van der Waals surface area contributed by atoms with Gasteiger partial charge in [-0.3, -0.25) is 0 Å². The van der Waals surface area contributed by atoms with E-state index in [4.69, 9.17) is 9.15 Å². The van der Waals surface area contributed by atoms with E-state index in [1.54, 1.807) is 31.0 Å². The lowest BCUT2D eigenvalue weighted by molar-refractivity contribution is 0.196. The van der Waals surface area contributed by atoms with E-state index in [-0.39, 0.29) is 6.03 Å². The highest BCUT2D eigenvalue weighted by Gasteiger charge is 2.05. The second kappa shape index (κ2) is 6.96. The molecule has 2 aromatic rings. The van der Waals surface area contributed by atoms with Crippen LogP contribution in [0.2, 0.25) is 0 Å². The van der Waals surface area contributed by atoms with E-state index >= 15 is 0 Å². The molecule has 2 aromatic heterocycles. The number of methoxy groups -OCH3 is 1. The number of ether oxygens (including phenoxy) is 1. The molecule has 0 aliphatic carbocycles. The highest BCUT2D eigenvalue weighted by atomic mass is 32.1. The lowest BCUT2D eigenvalue weighted by Crippen LogP contribution is -2.36. The summed E-state index contributed by atoms with van der Waals surface area (Å²) in [5.41, 5.74) is 2.15. The van der Waals surface area contributed by atoms with E-state index < -0.39 is 0 Å². The van der Waals surface area contributed by atoms with Crippen LogP contribution in [0.3, 0.4) is 0 Å². The molecule has 2 N–H and O–H groups in total. The Hall–Kier alpha value is -1.79. The Kier molecular flexibility index (Phi) is 5.00. The van der Waals surface area contributed by atoms with Crippen LogP contribution in [0, 0.1) is 0 Å². The SMILES string of the molecule is COCCNC(=O)NCc1cc(-c2ccoc2)cs1. The Labute approximate surface area is 115 Å². The van der Waals surface area contributed by atoms with Crippen LogP contribution in [0.4, 0.5) is 4.79 Å². The van der Waals surface area contributed by atoms with Crippen LogP contribution in [0.15, 0.2) is 34.5 Å². The largest absolute Gasteiger partial charge is 0.472 e. The van der Waals surface area contributed by atoms with Crippen LogP contribution >= 0.6 is 11.3 Å². The maximum absolute atomic E-state index is 11.4. The van der Waals surface area contributed by atoms with E-state index in [0.717, 1.165) is 16.0 Å². The first kappa shape index (κ1) is 13.6. The van der Waals surface area contributed by atoms with Crippen molar-refractivity contribution < 1.29 is 13.9 Å². The number of amides is 2. The van der Waals surface area contributed by atoms with Crippen LogP contribution in [0.1, 0.15) is 4.88 Å². The molecular weight excluding hydrogens is 264 g/mol. The normalized spacial score (nSPS) is 10.4. The molecule has 6 heteroatoms. The van der Waals surface area contributed by atoms with Crippen LogP contribution in [-0.2, 0) is 11.3 Å². The minimum atomic E-state index is -0.185. The molecule has 2 rings (SSSR count). The predicted molar refractivity (Wildman–Crippen MR) is 74.1 cm³/mol. The summed E-state index contributed by atoms with van der Waals surface area (Å²) in [6.07, 6.45) is 3.35. The van der Waals surface area contributed by atoms with Crippen molar-refractivity contribution in [1.82, 2.24) is 10.6 Å². The Morgan fingerprint density at radius 1 is 1.42 bits per heavy atom. The molecule has 0 fully saturated rings. The molecule has 5 nitrogen and oxygen atoms in total. The van der Waals surface area contributed by atoms with E-state index in [9.17, 15) is 4.79 Å². The van der Waals surface area contributed by atoms with Crippen molar-refractivity contribution in [3.8, 4) is 11.1 Å². The summed E-state index contributed by atoms with van der Waals surface area (Å²) in [7, 11) is 1.60. The fourth-order valence-electron chi connectivity index (χ4n) is 1.55. The molecule has 0 atom stereocenters. The fourth-order valence-corrected chi connectivity index (χ4v) is 2.38. The number of carbonyl (C=O) groups is 1. The van der Waals surface area contributed by atoms with Crippen molar-refractivity contribution in [2.24, 2.45) is 0 Å². The van der Waals surface area contributed by atoms with Gasteiger partial charge in [0.25, 0.3) is 0 Å². The number of hydrogen-bond acceptors (Lipinski definition) is 4. The van der Waals surface area contributed by atoms with E-state index in [1.165, 1.54) is 0 Å².